The normalized spacial score (nSPS) is 28.5. The summed E-state index contributed by atoms with van der Waals surface area (Å²) in [5.41, 5.74) is 0.800. The molecule has 4 aliphatic carbocycles. The third kappa shape index (κ3) is 10.2. The van der Waals surface area contributed by atoms with Crippen molar-refractivity contribution in [1.29, 1.82) is 0 Å². The lowest BCUT2D eigenvalue weighted by Gasteiger charge is -2.55. The van der Waals surface area contributed by atoms with Crippen LogP contribution in [0.2, 0.25) is 0 Å². The van der Waals surface area contributed by atoms with Gasteiger partial charge in [0.05, 0.1) is 6.54 Å². The van der Waals surface area contributed by atoms with Crippen molar-refractivity contribution in [1.82, 2.24) is 5.32 Å². The van der Waals surface area contributed by atoms with Gasteiger partial charge in [0.25, 0.3) is 0 Å². The standard InChI is InChI=1S/C11H18.C6H6.C4H9NO.C4H8O/c1-11-5-8-2-9(6-11)4-10(3-8)7-11;1-2-4-6-5-3-1;1-4(6)3-5-2;1-2-3-4-5/h8-10H,2-7H2,1H3;1-6H;5H,3H2,1-2H3;4H,2-3H2,1H3. The van der Waals surface area contributed by atoms with Crippen LogP contribution in [-0.2, 0) is 9.59 Å². The molecule has 0 heterocycles. The molecule has 0 saturated heterocycles. The van der Waals surface area contributed by atoms with E-state index in [2.05, 4.69) is 12.2 Å². The van der Waals surface area contributed by atoms with E-state index in [9.17, 15) is 9.59 Å². The van der Waals surface area contributed by atoms with Crippen LogP contribution in [0.3, 0.4) is 0 Å². The van der Waals surface area contributed by atoms with Gasteiger partial charge < -0.3 is 10.1 Å². The minimum absolute atomic E-state index is 0.178. The zero-order valence-electron chi connectivity index (χ0n) is 18.5. The van der Waals surface area contributed by atoms with Crippen LogP contribution < -0.4 is 5.32 Å². The zero-order valence-corrected chi connectivity index (χ0v) is 18.5. The van der Waals surface area contributed by atoms with Crippen LogP contribution in [0, 0.1) is 23.2 Å². The van der Waals surface area contributed by atoms with E-state index in [1.165, 1.54) is 0 Å². The number of ketones is 1. The Labute approximate surface area is 172 Å². The fourth-order valence-electron chi connectivity index (χ4n) is 5.30. The molecule has 5 rings (SSSR count). The highest BCUT2D eigenvalue weighted by Gasteiger charge is 2.48. The summed E-state index contributed by atoms with van der Waals surface area (Å²) in [7, 11) is 1.75. The first-order chi connectivity index (χ1) is 13.4. The van der Waals surface area contributed by atoms with Crippen molar-refractivity contribution >= 4 is 12.1 Å². The third-order valence-electron chi connectivity index (χ3n) is 5.84. The van der Waals surface area contributed by atoms with Crippen LogP contribution in [0.4, 0.5) is 0 Å². The highest BCUT2D eigenvalue weighted by molar-refractivity contribution is 5.77. The minimum atomic E-state index is 0.178. The molecule has 0 aliphatic heterocycles. The second-order valence-corrected chi connectivity index (χ2v) is 9.07. The molecule has 0 aromatic heterocycles. The van der Waals surface area contributed by atoms with Gasteiger partial charge >= 0.3 is 0 Å². The zero-order chi connectivity index (χ0) is 20.8. The number of hydrogen-bond donors (Lipinski definition) is 1. The summed E-state index contributed by atoms with van der Waals surface area (Å²) in [6, 6.07) is 12.0. The summed E-state index contributed by atoms with van der Waals surface area (Å²) in [6.07, 6.45) is 12.1. The Hall–Kier alpha value is -1.48. The molecule has 4 fully saturated rings. The fraction of sp³-hybridized carbons (Fsp3) is 0.680. The van der Waals surface area contributed by atoms with Crippen molar-refractivity contribution < 1.29 is 9.59 Å². The highest BCUT2D eigenvalue weighted by atomic mass is 16.1. The number of carbonyl (C=O) groups excluding carboxylic acids is 2. The maximum absolute atomic E-state index is 9.98. The van der Waals surface area contributed by atoms with Crippen LogP contribution in [-0.4, -0.2) is 25.7 Å². The summed E-state index contributed by atoms with van der Waals surface area (Å²) in [4.78, 5) is 19.4. The molecule has 0 atom stereocenters. The number of aldehydes is 1. The topological polar surface area (TPSA) is 46.2 Å². The summed E-state index contributed by atoms with van der Waals surface area (Å²) in [6.45, 7) is 6.56. The monoisotopic (exact) mass is 387 g/mol. The molecule has 28 heavy (non-hydrogen) atoms. The Kier molecular flexibility index (Phi) is 12.0. The van der Waals surface area contributed by atoms with E-state index in [0.29, 0.717) is 13.0 Å². The van der Waals surface area contributed by atoms with Crippen LogP contribution in [0.25, 0.3) is 0 Å². The Morgan fingerprint density at radius 3 is 1.50 bits per heavy atom. The number of rotatable bonds is 4. The first-order valence-electron chi connectivity index (χ1n) is 11.0. The van der Waals surface area contributed by atoms with E-state index in [0.717, 1.165) is 35.9 Å². The van der Waals surface area contributed by atoms with Gasteiger partial charge in [0.1, 0.15) is 12.1 Å². The lowest BCUT2D eigenvalue weighted by atomic mass is 9.50. The molecule has 4 bridgehead atoms. The summed E-state index contributed by atoms with van der Waals surface area (Å²) in [5, 5.41) is 2.72. The van der Waals surface area contributed by atoms with Crippen molar-refractivity contribution in [3.8, 4) is 0 Å². The van der Waals surface area contributed by atoms with Crippen LogP contribution >= 0.6 is 0 Å². The molecule has 1 aromatic carbocycles. The molecule has 1 aromatic rings. The average molecular weight is 388 g/mol. The number of nitrogens with one attached hydrogen (secondary N) is 1. The summed E-state index contributed by atoms with van der Waals surface area (Å²) < 4.78 is 0. The van der Waals surface area contributed by atoms with Gasteiger partial charge in [-0.25, -0.2) is 0 Å². The molecular weight excluding hydrogens is 346 g/mol. The van der Waals surface area contributed by atoms with E-state index in [4.69, 9.17) is 0 Å². The van der Waals surface area contributed by atoms with Crippen molar-refractivity contribution in [2.75, 3.05) is 13.6 Å². The molecule has 1 N–H and O–H groups in total. The van der Waals surface area contributed by atoms with Gasteiger partial charge in [0.2, 0.25) is 0 Å². The number of carbonyl (C=O) groups is 2. The van der Waals surface area contributed by atoms with Gasteiger partial charge in [-0.2, -0.15) is 0 Å². The maximum atomic E-state index is 9.98. The molecule has 3 nitrogen and oxygen atoms in total. The van der Waals surface area contributed by atoms with Gasteiger partial charge in [-0.1, -0.05) is 50.2 Å². The van der Waals surface area contributed by atoms with Gasteiger partial charge in [-0.15, -0.1) is 0 Å². The third-order valence-corrected chi connectivity index (χ3v) is 5.84. The van der Waals surface area contributed by atoms with Crippen LogP contribution in [0.5, 0.6) is 0 Å². The molecular formula is C25H41NO2. The number of hydrogen-bond acceptors (Lipinski definition) is 3. The van der Waals surface area contributed by atoms with Crippen LogP contribution in [0.15, 0.2) is 36.4 Å². The van der Waals surface area contributed by atoms with E-state index < -0.39 is 0 Å². The Bertz CT molecular complexity index is 479. The highest BCUT2D eigenvalue weighted by Crippen LogP contribution is 2.59. The first kappa shape index (κ1) is 24.6. The molecule has 3 heteroatoms. The number of Topliss-reactive ketones (excluding diaryl/α,β-unsaturated/α-hetero) is 1. The fourth-order valence-corrected chi connectivity index (χ4v) is 5.30. The van der Waals surface area contributed by atoms with Crippen LogP contribution in [0.1, 0.15) is 72.1 Å². The maximum Gasteiger partial charge on any atom is 0.143 e. The predicted molar refractivity (Wildman–Crippen MR) is 118 cm³/mol. The van der Waals surface area contributed by atoms with Gasteiger partial charge in [-0.3, -0.25) is 4.79 Å². The molecule has 4 aliphatic rings. The van der Waals surface area contributed by atoms with Crippen molar-refractivity contribution in [3.05, 3.63) is 36.4 Å². The molecule has 0 spiro atoms. The van der Waals surface area contributed by atoms with Gasteiger partial charge in [0, 0.05) is 6.42 Å². The lowest BCUT2D eigenvalue weighted by Crippen LogP contribution is -2.44. The molecule has 4 saturated carbocycles. The second-order valence-electron chi connectivity index (χ2n) is 9.07. The predicted octanol–water partition coefficient (Wildman–Crippen LogP) is 5.69. The van der Waals surface area contributed by atoms with E-state index in [-0.39, 0.29) is 5.78 Å². The van der Waals surface area contributed by atoms with Crippen molar-refractivity contribution in [3.63, 3.8) is 0 Å². The van der Waals surface area contributed by atoms with Gasteiger partial charge in [0.15, 0.2) is 0 Å². The number of likely N-dealkylation sites (N-methyl/N-ethyl adjacent to an activating group) is 1. The SMILES string of the molecule is CC12CC3CC(CC(C3)C1)C2.CCCC=O.CNCC(C)=O.c1ccccc1. The second kappa shape index (κ2) is 13.7. The van der Waals surface area contributed by atoms with Crippen molar-refractivity contribution in [2.45, 2.75) is 72.1 Å². The quantitative estimate of drug-likeness (QED) is 0.675. The Balaban J connectivity index is 0.000000201. The Morgan fingerprint density at radius 2 is 1.36 bits per heavy atom. The van der Waals surface area contributed by atoms with E-state index in [1.54, 1.807) is 52.5 Å². The lowest BCUT2D eigenvalue weighted by molar-refractivity contribution is -0.116. The van der Waals surface area contributed by atoms with Gasteiger partial charge in [-0.05, 0) is 82.1 Å². The smallest absolute Gasteiger partial charge is 0.143 e. The first-order valence-corrected chi connectivity index (χ1v) is 11.0. The number of benzene rings is 1. The molecule has 0 radical (unpaired) electrons. The van der Waals surface area contributed by atoms with E-state index >= 15 is 0 Å². The van der Waals surface area contributed by atoms with Crippen molar-refractivity contribution in [2.24, 2.45) is 23.2 Å². The molecule has 158 valence electrons. The minimum Gasteiger partial charge on any atom is -0.313 e. The largest absolute Gasteiger partial charge is 0.313 e. The van der Waals surface area contributed by atoms with E-state index in [1.807, 2.05) is 43.3 Å². The summed E-state index contributed by atoms with van der Waals surface area (Å²) in [5.74, 6) is 3.61. The average Bonchev–Trinajstić information content (AvgIpc) is 2.63. The molecule has 0 unspecified atom stereocenters. The number of unbranched alkanes of at least 4 members (excludes halogenated alkanes) is 1. The summed E-state index contributed by atoms with van der Waals surface area (Å²) >= 11 is 0. The Morgan fingerprint density at radius 1 is 0.964 bits per heavy atom. The molecule has 0 amide bonds.